The molecule has 0 fully saturated rings. The van der Waals surface area contributed by atoms with E-state index in [1.165, 1.54) is 0 Å². The molecule has 0 saturated carbocycles. The van der Waals surface area contributed by atoms with Crippen LogP contribution in [0.3, 0.4) is 0 Å². The van der Waals surface area contributed by atoms with E-state index in [-0.39, 0.29) is 18.2 Å². The van der Waals surface area contributed by atoms with E-state index in [1.807, 2.05) is 19.9 Å². The second-order valence-electron chi connectivity index (χ2n) is 4.90. The first-order valence-corrected chi connectivity index (χ1v) is 6.56. The van der Waals surface area contributed by atoms with Crippen LogP contribution >= 0.6 is 12.2 Å². The summed E-state index contributed by atoms with van der Waals surface area (Å²) in [7, 11) is 0. The van der Waals surface area contributed by atoms with Crippen LogP contribution in [0.15, 0.2) is 18.2 Å². The Bertz CT molecular complexity index is 645. The van der Waals surface area contributed by atoms with Gasteiger partial charge in [-0.25, -0.2) is 0 Å². The first-order chi connectivity index (χ1) is 8.95. The molecule has 1 aromatic heterocycles. The number of aliphatic hydroxyl groups is 1. The van der Waals surface area contributed by atoms with Gasteiger partial charge in [0.15, 0.2) is 4.77 Å². The number of amides is 1. The number of imidazole rings is 1. The fourth-order valence-corrected chi connectivity index (χ4v) is 1.97. The number of nitrogens with one attached hydrogen (secondary N) is 3. The zero-order chi connectivity index (χ0) is 14.0. The van der Waals surface area contributed by atoms with Crippen molar-refractivity contribution in [2.45, 2.75) is 26.4 Å². The SMILES string of the molecule is CC(C)C(O)CC(=O)Nc1ccc2[nH]c(=S)[nH]c2c1. The highest BCUT2D eigenvalue weighted by molar-refractivity contribution is 7.71. The molecule has 0 radical (unpaired) electrons. The maximum atomic E-state index is 11.8. The Kier molecular flexibility index (Phi) is 4.01. The van der Waals surface area contributed by atoms with Crippen molar-refractivity contribution < 1.29 is 9.90 Å². The average molecular weight is 279 g/mol. The van der Waals surface area contributed by atoms with E-state index in [0.29, 0.717) is 10.5 Å². The van der Waals surface area contributed by atoms with Crippen LogP contribution in [-0.4, -0.2) is 27.1 Å². The summed E-state index contributed by atoms with van der Waals surface area (Å²) in [6.45, 7) is 3.76. The molecule has 2 rings (SSSR count). The third kappa shape index (κ3) is 3.42. The fraction of sp³-hybridized carbons (Fsp3) is 0.385. The molecule has 5 nitrogen and oxygen atoms in total. The molecule has 1 unspecified atom stereocenters. The summed E-state index contributed by atoms with van der Waals surface area (Å²) < 4.78 is 0.550. The molecule has 1 heterocycles. The zero-order valence-electron chi connectivity index (χ0n) is 10.9. The number of carbonyl (C=O) groups excluding carboxylic acids is 1. The minimum atomic E-state index is -0.623. The molecular weight excluding hydrogens is 262 g/mol. The van der Waals surface area contributed by atoms with Gasteiger partial charge in [-0.1, -0.05) is 13.8 Å². The number of aliphatic hydroxyl groups excluding tert-OH is 1. The van der Waals surface area contributed by atoms with Crippen LogP contribution in [0, 0.1) is 10.7 Å². The summed E-state index contributed by atoms with van der Waals surface area (Å²) >= 11 is 5.00. The molecule has 102 valence electrons. The molecule has 0 spiro atoms. The topological polar surface area (TPSA) is 80.9 Å². The van der Waals surface area contributed by atoms with E-state index < -0.39 is 6.10 Å². The monoisotopic (exact) mass is 279 g/mol. The third-order valence-corrected chi connectivity index (χ3v) is 3.17. The number of carbonyl (C=O) groups is 1. The molecule has 0 saturated heterocycles. The van der Waals surface area contributed by atoms with Gasteiger partial charge in [-0.05, 0) is 36.3 Å². The van der Waals surface area contributed by atoms with Gasteiger partial charge in [-0.3, -0.25) is 4.79 Å². The Morgan fingerprint density at radius 1 is 1.37 bits per heavy atom. The summed E-state index contributed by atoms with van der Waals surface area (Å²) in [5.74, 6) is -0.135. The molecule has 19 heavy (non-hydrogen) atoms. The molecule has 6 heteroatoms. The van der Waals surface area contributed by atoms with Gasteiger partial charge >= 0.3 is 0 Å². The first-order valence-electron chi connectivity index (χ1n) is 6.15. The Morgan fingerprint density at radius 2 is 2.05 bits per heavy atom. The molecule has 0 bridgehead atoms. The van der Waals surface area contributed by atoms with Crippen LogP contribution in [0.4, 0.5) is 5.69 Å². The normalized spacial score (nSPS) is 12.8. The number of anilines is 1. The van der Waals surface area contributed by atoms with Crippen LogP contribution in [0.2, 0.25) is 0 Å². The summed E-state index contributed by atoms with van der Waals surface area (Å²) in [6.07, 6.45) is -0.527. The smallest absolute Gasteiger partial charge is 0.226 e. The number of H-pyrrole nitrogens is 2. The van der Waals surface area contributed by atoms with Crippen molar-refractivity contribution in [2.75, 3.05) is 5.32 Å². The highest BCUT2D eigenvalue weighted by Crippen LogP contribution is 2.17. The Morgan fingerprint density at radius 3 is 2.74 bits per heavy atom. The van der Waals surface area contributed by atoms with E-state index in [9.17, 15) is 9.90 Å². The number of aromatic nitrogens is 2. The predicted molar refractivity (Wildman–Crippen MR) is 77.6 cm³/mol. The molecule has 2 aromatic rings. The average Bonchev–Trinajstić information content (AvgIpc) is 2.68. The fourth-order valence-electron chi connectivity index (χ4n) is 1.75. The standard InChI is InChI=1S/C13H17N3O2S/c1-7(2)11(17)6-12(18)14-8-3-4-9-10(5-8)16-13(19)15-9/h3-5,7,11,17H,6H2,1-2H3,(H,14,18)(H2,15,16,19). The quantitative estimate of drug-likeness (QED) is 0.649. The molecule has 4 N–H and O–H groups in total. The second kappa shape index (κ2) is 5.54. The van der Waals surface area contributed by atoms with Gasteiger partial charge in [-0.2, -0.15) is 0 Å². The molecule has 1 atom stereocenters. The number of hydrogen-bond donors (Lipinski definition) is 4. The Labute approximate surface area is 116 Å². The van der Waals surface area contributed by atoms with E-state index in [2.05, 4.69) is 15.3 Å². The molecule has 0 aliphatic rings. The number of aromatic amines is 2. The predicted octanol–water partition coefficient (Wildman–Crippen LogP) is 2.57. The molecule has 1 aromatic carbocycles. The maximum Gasteiger partial charge on any atom is 0.226 e. The highest BCUT2D eigenvalue weighted by atomic mass is 32.1. The summed E-state index contributed by atoms with van der Waals surface area (Å²) in [5.41, 5.74) is 2.41. The third-order valence-electron chi connectivity index (χ3n) is 2.96. The van der Waals surface area contributed by atoms with E-state index in [0.717, 1.165) is 11.0 Å². The van der Waals surface area contributed by atoms with Crippen molar-refractivity contribution in [2.24, 2.45) is 5.92 Å². The van der Waals surface area contributed by atoms with Gasteiger partial charge in [0.1, 0.15) is 0 Å². The number of rotatable bonds is 4. The highest BCUT2D eigenvalue weighted by Gasteiger charge is 2.14. The van der Waals surface area contributed by atoms with Crippen molar-refractivity contribution in [3.05, 3.63) is 23.0 Å². The van der Waals surface area contributed by atoms with Crippen LogP contribution in [0.5, 0.6) is 0 Å². The van der Waals surface area contributed by atoms with Crippen LogP contribution in [0.25, 0.3) is 11.0 Å². The number of fused-ring (bicyclic) bond motifs is 1. The summed E-state index contributed by atoms with van der Waals surface area (Å²) in [4.78, 5) is 17.7. The van der Waals surface area contributed by atoms with Crippen LogP contribution < -0.4 is 5.32 Å². The Hall–Kier alpha value is -1.66. The molecule has 0 aliphatic heterocycles. The second-order valence-corrected chi connectivity index (χ2v) is 5.31. The van der Waals surface area contributed by atoms with Gasteiger partial charge in [0.2, 0.25) is 5.91 Å². The van der Waals surface area contributed by atoms with Gasteiger partial charge in [-0.15, -0.1) is 0 Å². The minimum absolute atomic E-state index is 0.0639. The minimum Gasteiger partial charge on any atom is -0.392 e. The van der Waals surface area contributed by atoms with Crippen LogP contribution in [0.1, 0.15) is 20.3 Å². The van der Waals surface area contributed by atoms with Crippen molar-refractivity contribution in [3.63, 3.8) is 0 Å². The van der Waals surface area contributed by atoms with Gasteiger partial charge in [0.05, 0.1) is 23.6 Å². The molecule has 1 amide bonds. The zero-order valence-corrected chi connectivity index (χ0v) is 11.7. The van der Waals surface area contributed by atoms with E-state index in [4.69, 9.17) is 12.2 Å². The lowest BCUT2D eigenvalue weighted by Crippen LogP contribution is -2.23. The summed E-state index contributed by atoms with van der Waals surface area (Å²) in [6, 6.07) is 5.44. The number of hydrogen-bond acceptors (Lipinski definition) is 3. The lowest BCUT2D eigenvalue weighted by Gasteiger charge is -2.13. The van der Waals surface area contributed by atoms with Crippen LogP contribution in [-0.2, 0) is 4.79 Å². The number of benzene rings is 1. The summed E-state index contributed by atoms with van der Waals surface area (Å²) in [5, 5.41) is 12.4. The first kappa shape index (κ1) is 13.8. The van der Waals surface area contributed by atoms with E-state index in [1.54, 1.807) is 12.1 Å². The van der Waals surface area contributed by atoms with Gasteiger partial charge < -0.3 is 20.4 Å². The largest absolute Gasteiger partial charge is 0.392 e. The maximum absolute atomic E-state index is 11.8. The lowest BCUT2D eigenvalue weighted by molar-refractivity contribution is -0.118. The van der Waals surface area contributed by atoms with E-state index >= 15 is 0 Å². The van der Waals surface area contributed by atoms with Crippen molar-refractivity contribution in [3.8, 4) is 0 Å². The van der Waals surface area contributed by atoms with Gasteiger partial charge in [0.25, 0.3) is 0 Å². The van der Waals surface area contributed by atoms with Gasteiger partial charge in [0, 0.05) is 5.69 Å². The van der Waals surface area contributed by atoms with Crippen molar-refractivity contribution in [1.29, 1.82) is 0 Å². The molecule has 0 aliphatic carbocycles. The van der Waals surface area contributed by atoms with Crippen molar-refractivity contribution in [1.82, 2.24) is 9.97 Å². The lowest BCUT2D eigenvalue weighted by atomic mass is 10.0. The van der Waals surface area contributed by atoms with Crippen molar-refractivity contribution >= 4 is 34.8 Å². The Balaban J connectivity index is 2.08. The molecular formula is C13H17N3O2S.